The van der Waals surface area contributed by atoms with E-state index < -0.39 is 12.1 Å². The number of aliphatic hydroxyl groups excluding tert-OH is 2. The molecule has 0 aliphatic rings. The van der Waals surface area contributed by atoms with E-state index in [0.29, 0.717) is 25.9 Å². The van der Waals surface area contributed by atoms with Gasteiger partial charge in [0.25, 0.3) is 0 Å². The van der Waals surface area contributed by atoms with Crippen LogP contribution in [0.3, 0.4) is 0 Å². The topological polar surface area (TPSA) is 95.9 Å². The fourth-order valence-electron chi connectivity index (χ4n) is 12.4. The van der Waals surface area contributed by atoms with Crippen molar-refractivity contribution in [3.63, 3.8) is 0 Å². The molecule has 6 heteroatoms. The van der Waals surface area contributed by atoms with Crippen LogP contribution in [0, 0.1) is 0 Å². The van der Waals surface area contributed by atoms with Gasteiger partial charge in [-0.25, -0.2) is 0 Å². The molecule has 0 aliphatic carbocycles. The second-order valence-corrected chi connectivity index (χ2v) is 26.7. The van der Waals surface area contributed by atoms with Crippen LogP contribution in [0.25, 0.3) is 0 Å². The number of rotatable bonds is 73. The molecule has 0 spiro atoms. The van der Waals surface area contributed by atoms with Gasteiger partial charge in [0.2, 0.25) is 5.91 Å². The summed E-state index contributed by atoms with van der Waals surface area (Å²) in [7, 11) is 0. The molecule has 0 rings (SSSR count). The Morgan fingerprint density at radius 1 is 0.333 bits per heavy atom. The zero-order valence-electron chi connectivity index (χ0n) is 57.2. The summed E-state index contributed by atoms with van der Waals surface area (Å²) < 4.78 is 5.51. The van der Waals surface area contributed by atoms with E-state index in [2.05, 4.69) is 43.5 Å². The number of nitrogens with one attached hydrogen (secondary N) is 1. The molecule has 2 unspecified atom stereocenters. The minimum absolute atomic E-state index is 0.0166. The maximum absolute atomic E-state index is 12.6. The highest BCUT2D eigenvalue weighted by Crippen LogP contribution is 2.20. The fourth-order valence-corrected chi connectivity index (χ4v) is 12.4. The van der Waals surface area contributed by atoms with Gasteiger partial charge in [0.1, 0.15) is 0 Å². The first kappa shape index (κ1) is 82.3. The van der Waals surface area contributed by atoms with Crippen molar-refractivity contribution in [1.82, 2.24) is 5.32 Å². The van der Waals surface area contributed by atoms with Gasteiger partial charge in [-0.05, 0) is 57.8 Å². The minimum atomic E-state index is -0.668. The van der Waals surface area contributed by atoms with Gasteiger partial charge in [-0.3, -0.25) is 9.59 Å². The number of amides is 1. The number of carbonyl (C=O) groups excluding carboxylic acids is 2. The first-order valence-corrected chi connectivity index (χ1v) is 38.6. The van der Waals surface area contributed by atoms with Crippen LogP contribution < -0.4 is 5.32 Å². The van der Waals surface area contributed by atoms with Crippen LogP contribution in [0.2, 0.25) is 0 Å². The lowest BCUT2D eigenvalue weighted by Crippen LogP contribution is -2.45. The van der Waals surface area contributed by atoms with Gasteiger partial charge in [-0.1, -0.05) is 391 Å². The summed E-state index contributed by atoms with van der Waals surface area (Å²) >= 11 is 0. The smallest absolute Gasteiger partial charge is 0.305 e. The number of hydrogen-bond acceptors (Lipinski definition) is 5. The van der Waals surface area contributed by atoms with E-state index in [1.807, 2.05) is 0 Å². The molecule has 0 aromatic heterocycles. The second-order valence-electron chi connectivity index (χ2n) is 26.7. The molecule has 0 aliphatic heterocycles. The highest BCUT2D eigenvalue weighted by molar-refractivity contribution is 5.76. The summed E-state index contributed by atoms with van der Waals surface area (Å²) in [6.07, 6.45) is 93.9. The highest BCUT2D eigenvalue weighted by Gasteiger charge is 2.20. The molecule has 0 heterocycles. The third kappa shape index (κ3) is 69.4. The number of unbranched alkanes of at least 4 members (excludes halogenated alkanes) is 58. The molecule has 3 N–H and O–H groups in total. The molecule has 6 nitrogen and oxygen atoms in total. The van der Waals surface area contributed by atoms with E-state index in [4.69, 9.17) is 4.74 Å². The van der Waals surface area contributed by atoms with E-state index in [1.165, 1.54) is 360 Å². The van der Waals surface area contributed by atoms with E-state index in [0.717, 1.165) is 44.9 Å². The molecule has 0 radical (unpaired) electrons. The summed E-state index contributed by atoms with van der Waals surface area (Å²) in [6, 6.07) is -0.545. The third-order valence-electron chi connectivity index (χ3n) is 18.3. The summed E-state index contributed by atoms with van der Waals surface area (Å²) in [4.78, 5) is 24.7. The van der Waals surface area contributed by atoms with Crippen molar-refractivity contribution < 1.29 is 24.5 Å². The molecule has 0 aromatic carbocycles. The Labute approximate surface area is 526 Å². The van der Waals surface area contributed by atoms with Crippen LogP contribution in [-0.4, -0.2) is 47.4 Å². The molecule has 498 valence electrons. The summed E-state index contributed by atoms with van der Waals surface area (Å²) in [5.74, 6) is -0.0167. The van der Waals surface area contributed by atoms with Crippen molar-refractivity contribution in [3.05, 3.63) is 24.3 Å². The number of hydrogen-bond donors (Lipinski definition) is 3. The van der Waals surface area contributed by atoms with Gasteiger partial charge in [0.15, 0.2) is 0 Å². The minimum Gasteiger partial charge on any atom is -0.466 e. The lowest BCUT2D eigenvalue weighted by molar-refractivity contribution is -0.143. The molecule has 0 saturated carbocycles. The Morgan fingerprint density at radius 2 is 0.595 bits per heavy atom. The predicted molar refractivity (Wildman–Crippen MR) is 370 cm³/mol. The molecular weight excluding hydrogens is 1030 g/mol. The summed E-state index contributed by atoms with van der Waals surface area (Å²) in [5.41, 5.74) is 0. The van der Waals surface area contributed by atoms with Crippen LogP contribution in [-0.2, 0) is 14.3 Å². The van der Waals surface area contributed by atoms with Gasteiger partial charge in [0.05, 0.1) is 25.4 Å². The zero-order valence-corrected chi connectivity index (χ0v) is 57.2. The van der Waals surface area contributed by atoms with Crippen molar-refractivity contribution in [2.24, 2.45) is 0 Å². The number of aliphatic hydroxyl groups is 2. The largest absolute Gasteiger partial charge is 0.466 e. The standard InChI is InChI=1S/C78H151NO5/c1-3-5-7-9-11-13-15-17-19-21-23-31-35-38-42-46-50-54-58-62-66-70-76(81)75(74-80)79-77(82)71-67-63-59-55-51-47-43-39-36-32-29-27-25-24-26-28-30-33-37-41-45-49-53-57-61-65-69-73-84-78(83)72-68-64-60-56-52-48-44-40-34-22-20-18-16-14-12-10-8-6-4-2/h24-25,28,30,75-76,80-81H,3-23,26-27,29,31-74H2,1-2H3,(H,79,82)/b25-24-,30-28-. The van der Waals surface area contributed by atoms with Crippen molar-refractivity contribution in [3.8, 4) is 0 Å². The molecule has 0 aromatic rings. The number of carbonyl (C=O) groups is 2. The molecule has 0 fully saturated rings. The Kier molecular flexibility index (Phi) is 72.3. The van der Waals surface area contributed by atoms with Gasteiger partial charge < -0.3 is 20.3 Å². The fraction of sp³-hybridized carbons (Fsp3) is 0.923. The van der Waals surface area contributed by atoms with Crippen molar-refractivity contribution in [2.75, 3.05) is 13.2 Å². The Morgan fingerprint density at radius 3 is 0.905 bits per heavy atom. The van der Waals surface area contributed by atoms with Crippen LogP contribution >= 0.6 is 0 Å². The Bertz CT molecular complexity index is 1320. The molecule has 1 amide bonds. The molecule has 0 bridgehead atoms. The van der Waals surface area contributed by atoms with Gasteiger partial charge >= 0.3 is 5.97 Å². The zero-order chi connectivity index (χ0) is 60.6. The highest BCUT2D eigenvalue weighted by atomic mass is 16.5. The first-order valence-electron chi connectivity index (χ1n) is 38.6. The van der Waals surface area contributed by atoms with Crippen LogP contribution in [0.5, 0.6) is 0 Å². The third-order valence-corrected chi connectivity index (χ3v) is 18.3. The maximum atomic E-state index is 12.6. The predicted octanol–water partition coefficient (Wildman–Crippen LogP) is 25.3. The monoisotopic (exact) mass is 1180 g/mol. The van der Waals surface area contributed by atoms with Crippen molar-refractivity contribution in [2.45, 2.75) is 450 Å². The maximum Gasteiger partial charge on any atom is 0.305 e. The van der Waals surface area contributed by atoms with Gasteiger partial charge in [0, 0.05) is 12.8 Å². The average molecular weight is 1180 g/mol. The lowest BCUT2D eigenvalue weighted by Gasteiger charge is -2.22. The van der Waals surface area contributed by atoms with E-state index in [-0.39, 0.29) is 18.5 Å². The number of allylic oxidation sites excluding steroid dienone is 4. The van der Waals surface area contributed by atoms with E-state index in [9.17, 15) is 19.8 Å². The quantitative estimate of drug-likeness (QED) is 0.0320. The van der Waals surface area contributed by atoms with Crippen molar-refractivity contribution in [1.29, 1.82) is 0 Å². The normalized spacial score (nSPS) is 12.6. The average Bonchev–Trinajstić information content (AvgIpc) is 3.51. The molecular formula is C78H151NO5. The van der Waals surface area contributed by atoms with Gasteiger partial charge in [-0.2, -0.15) is 0 Å². The van der Waals surface area contributed by atoms with E-state index in [1.54, 1.807) is 0 Å². The van der Waals surface area contributed by atoms with Crippen molar-refractivity contribution >= 4 is 11.9 Å². The Hall–Kier alpha value is -1.66. The molecule has 84 heavy (non-hydrogen) atoms. The summed E-state index contributed by atoms with van der Waals surface area (Å²) in [5, 5.41) is 23.4. The first-order chi connectivity index (χ1) is 41.5. The van der Waals surface area contributed by atoms with Crippen LogP contribution in [0.1, 0.15) is 438 Å². The second kappa shape index (κ2) is 73.8. The number of esters is 1. The van der Waals surface area contributed by atoms with E-state index >= 15 is 0 Å². The Balaban J connectivity index is 3.39. The summed E-state index contributed by atoms with van der Waals surface area (Å²) in [6.45, 7) is 5.00. The lowest BCUT2D eigenvalue weighted by atomic mass is 10.0. The van der Waals surface area contributed by atoms with Crippen LogP contribution in [0.15, 0.2) is 24.3 Å². The number of ether oxygens (including phenoxy) is 1. The van der Waals surface area contributed by atoms with Gasteiger partial charge in [-0.15, -0.1) is 0 Å². The molecule has 2 atom stereocenters. The van der Waals surface area contributed by atoms with Crippen LogP contribution in [0.4, 0.5) is 0 Å². The molecule has 0 saturated heterocycles. The SMILES string of the molecule is CCCCCCCCCCCCCCCCCCCCCCCC(O)C(CO)NC(=O)CCCCCCCCCCCCC/C=C\C/C=C\CCCCCCCCCCCOC(=O)CCCCCCCCCCCCCCCCCCCCC.